The molecule has 0 aliphatic rings. The first-order chi connectivity index (χ1) is 11.1. The molecule has 0 saturated carbocycles. The van der Waals surface area contributed by atoms with Gasteiger partial charge in [0.1, 0.15) is 17.3 Å². The quantitative estimate of drug-likeness (QED) is 0.529. The molecule has 114 valence electrons. The van der Waals surface area contributed by atoms with Crippen molar-refractivity contribution in [1.29, 1.82) is 0 Å². The number of aromatic amines is 2. The van der Waals surface area contributed by atoms with Crippen molar-refractivity contribution in [2.45, 2.75) is 0 Å². The Hall–Kier alpha value is -3.22. The first kappa shape index (κ1) is 13.4. The van der Waals surface area contributed by atoms with Crippen LogP contribution in [-0.4, -0.2) is 20.9 Å². The molecule has 23 heavy (non-hydrogen) atoms. The number of anilines is 1. The molecular formula is C16H10F2N4O. The van der Waals surface area contributed by atoms with Crippen molar-refractivity contribution in [3.05, 3.63) is 59.8 Å². The number of imidazole rings is 1. The van der Waals surface area contributed by atoms with Crippen molar-refractivity contribution >= 4 is 33.8 Å². The normalized spacial score (nSPS) is 11.2. The van der Waals surface area contributed by atoms with Gasteiger partial charge < -0.3 is 9.97 Å². The molecule has 5 nitrogen and oxygen atoms in total. The molecular weight excluding hydrogens is 302 g/mol. The van der Waals surface area contributed by atoms with Crippen LogP contribution in [0.3, 0.4) is 0 Å². The van der Waals surface area contributed by atoms with Gasteiger partial charge in [0.15, 0.2) is 0 Å². The molecule has 0 radical (unpaired) electrons. The smallest absolute Gasteiger partial charge is 0.274 e. The SMILES string of the molecule is O=C(Nc1nc2ccccc2[nH]1)c1cc2c(F)cc(F)cc2[nH]1. The summed E-state index contributed by atoms with van der Waals surface area (Å²) in [5, 5.41) is 2.74. The van der Waals surface area contributed by atoms with Crippen LogP contribution in [0, 0.1) is 11.6 Å². The van der Waals surface area contributed by atoms with Gasteiger partial charge in [-0.05, 0) is 24.3 Å². The highest BCUT2D eigenvalue weighted by Gasteiger charge is 2.14. The van der Waals surface area contributed by atoms with Gasteiger partial charge in [-0.3, -0.25) is 10.1 Å². The number of hydrogen-bond donors (Lipinski definition) is 3. The minimum atomic E-state index is -0.723. The summed E-state index contributed by atoms with van der Waals surface area (Å²) in [5.74, 6) is -1.65. The Labute approximate surface area is 128 Å². The summed E-state index contributed by atoms with van der Waals surface area (Å²) in [6.07, 6.45) is 0. The summed E-state index contributed by atoms with van der Waals surface area (Å²) in [6, 6.07) is 10.6. The fraction of sp³-hybridized carbons (Fsp3) is 0. The van der Waals surface area contributed by atoms with Crippen LogP contribution in [0.1, 0.15) is 10.5 Å². The number of benzene rings is 2. The minimum absolute atomic E-state index is 0.116. The van der Waals surface area contributed by atoms with Gasteiger partial charge in [-0.25, -0.2) is 13.8 Å². The first-order valence-electron chi connectivity index (χ1n) is 6.84. The Balaban J connectivity index is 1.67. The molecule has 2 aromatic carbocycles. The van der Waals surface area contributed by atoms with Crippen LogP contribution in [0.5, 0.6) is 0 Å². The summed E-state index contributed by atoms with van der Waals surface area (Å²) in [5.41, 5.74) is 1.84. The topological polar surface area (TPSA) is 73.6 Å². The van der Waals surface area contributed by atoms with Crippen LogP contribution in [0.2, 0.25) is 0 Å². The predicted molar refractivity (Wildman–Crippen MR) is 82.3 cm³/mol. The van der Waals surface area contributed by atoms with Gasteiger partial charge in [-0.2, -0.15) is 0 Å². The molecule has 1 amide bonds. The molecule has 2 heterocycles. The number of nitrogens with one attached hydrogen (secondary N) is 3. The molecule has 2 aromatic heterocycles. The molecule has 0 bridgehead atoms. The Morgan fingerprint density at radius 3 is 2.70 bits per heavy atom. The Kier molecular flexibility index (Phi) is 2.87. The minimum Gasteiger partial charge on any atom is -0.350 e. The number of rotatable bonds is 2. The summed E-state index contributed by atoms with van der Waals surface area (Å²) < 4.78 is 26.9. The number of amides is 1. The third-order valence-corrected chi connectivity index (χ3v) is 3.52. The van der Waals surface area contributed by atoms with Crippen LogP contribution in [0.25, 0.3) is 21.9 Å². The molecule has 0 aliphatic carbocycles. The summed E-state index contributed by atoms with van der Waals surface area (Å²) >= 11 is 0. The molecule has 4 aromatic rings. The number of carbonyl (C=O) groups is 1. The lowest BCUT2D eigenvalue weighted by molar-refractivity contribution is 0.102. The van der Waals surface area contributed by atoms with Crippen molar-refractivity contribution < 1.29 is 13.6 Å². The number of halogens is 2. The summed E-state index contributed by atoms with van der Waals surface area (Å²) in [7, 11) is 0. The van der Waals surface area contributed by atoms with Crippen molar-refractivity contribution in [3.63, 3.8) is 0 Å². The van der Waals surface area contributed by atoms with Gasteiger partial charge in [0.25, 0.3) is 5.91 Å². The molecule has 0 aliphatic heterocycles. The lowest BCUT2D eigenvalue weighted by Gasteiger charge is -1.98. The molecule has 0 fully saturated rings. The fourth-order valence-electron chi connectivity index (χ4n) is 2.47. The van der Waals surface area contributed by atoms with Crippen LogP contribution in [0.15, 0.2) is 42.5 Å². The molecule has 0 saturated heterocycles. The van der Waals surface area contributed by atoms with Crippen LogP contribution in [-0.2, 0) is 0 Å². The van der Waals surface area contributed by atoms with E-state index < -0.39 is 17.5 Å². The van der Waals surface area contributed by atoms with E-state index in [0.29, 0.717) is 5.52 Å². The van der Waals surface area contributed by atoms with E-state index in [0.717, 1.165) is 17.6 Å². The largest absolute Gasteiger partial charge is 0.350 e. The number of carbonyl (C=O) groups excluding carboxylic acids is 1. The van der Waals surface area contributed by atoms with Gasteiger partial charge in [-0.15, -0.1) is 0 Å². The van der Waals surface area contributed by atoms with E-state index >= 15 is 0 Å². The molecule has 0 unspecified atom stereocenters. The Morgan fingerprint density at radius 1 is 1.04 bits per heavy atom. The molecule has 0 spiro atoms. The van der Waals surface area contributed by atoms with Gasteiger partial charge in [0.2, 0.25) is 5.95 Å². The molecule has 0 atom stereocenters. The lowest BCUT2D eigenvalue weighted by atomic mass is 10.2. The van der Waals surface area contributed by atoms with Crippen LogP contribution in [0.4, 0.5) is 14.7 Å². The molecule has 4 rings (SSSR count). The zero-order chi connectivity index (χ0) is 16.0. The van der Waals surface area contributed by atoms with Crippen molar-refractivity contribution in [3.8, 4) is 0 Å². The number of hydrogen-bond acceptors (Lipinski definition) is 2. The first-order valence-corrected chi connectivity index (χ1v) is 6.84. The second-order valence-corrected chi connectivity index (χ2v) is 5.09. The standard InChI is InChI=1S/C16H10F2N4O/c17-8-5-10(18)9-7-14(19-13(9)6-8)15(23)22-16-20-11-3-1-2-4-12(11)21-16/h1-7,19H,(H2,20,21,22,23). The third kappa shape index (κ3) is 2.32. The Bertz CT molecular complexity index is 1020. The van der Waals surface area contributed by atoms with E-state index in [9.17, 15) is 13.6 Å². The fourth-order valence-corrected chi connectivity index (χ4v) is 2.47. The van der Waals surface area contributed by atoms with Gasteiger partial charge in [-0.1, -0.05) is 12.1 Å². The number of fused-ring (bicyclic) bond motifs is 2. The number of aromatic nitrogens is 3. The van der Waals surface area contributed by atoms with E-state index in [2.05, 4.69) is 20.3 Å². The zero-order valence-electron chi connectivity index (χ0n) is 11.7. The van der Waals surface area contributed by atoms with Crippen LogP contribution < -0.4 is 5.32 Å². The maximum Gasteiger partial charge on any atom is 0.274 e. The van der Waals surface area contributed by atoms with Crippen molar-refractivity contribution in [2.24, 2.45) is 0 Å². The van der Waals surface area contributed by atoms with E-state index in [1.165, 1.54) is 6.07 Å². The van der Waals surface area contributed by atoms with Crippen LogP contribution >= 0.6 is 0 Å². The van der Waals surface area contributed by atoms with E-state index in [4.69, 9.17) is 0 Å². The number of H-pyrrole nitrogens is 2. The predicted octanol–water partition coefficient (Wildman–Crippen LogP) is 3.57. The monoisotopic (exact) mass is 312 g/mol. The highest BCUT2D eigenvalue weighted by Crippen LogP contribution is 2.21. The molecule has 3 N–H and O–H groups in total. The maximum atomic E-state index is 13.7. The molecule has 7 heteroatoms. The zero-order valence-corrected chi connectivity index (χ0v) is 11.7. The Morgan fingerprint density at radius 2 is 1.87 bits per heavy atom. The van der Waals surface area contributed by atoms with Gasteiger partial charge in [0.05, 0.1) is 16.6 Å². The average molecular weight is 312 g/mol. The second kappa shape index (κ2) is 4.91. The number of para-hydroxylation sites is 2. The van der Waals surface area contributed by atoms with E-state index in [1.54, 1.807) is 0 Å². The van der Waals surface area contributed by atoms with Gasteiger partial charge in [0, 0.05) is 11.5 Å². The van der Waals surface area contributed by atoms with E-state index in [-0.39, 0.29) is 22.5 Å². The maximum absolute atomic E-state index is 13.7. The van der Waals surface area contributed by atoms with Crippen molar-refractivity contribution in [1.82, 2.24) is 15.0 Å². The third-order valence-electron chi connectivity index (χ3n) is 3.52. The van der Waals surface area contributed by atoms with Gasteiger partial charge >= 0.3 is 0 Å². The highest BCUT2D eigenvalue weighted by atomic mass is 19.1. The average Bonchev–Trinajstić information content (AvgIpc) is 3.10. The second-order valence-electron chi connectivity index (χ2n) is 5.09. The number of nitrogens with zero attached hydrogens (tertiary/aromatic N) is 1. The summed E-state index contributed by atoms with van der Waals surface area (Å²) in [6.45, 7) is 0. The van der Waals surface area contributed by atoms with Crippen molar-refractivity contribution in [2.75, 3.05) is 5.32 Å². The summed E-state index contributed by atoms with van der Waals surface area (Å²) in [4.78, 5) is 22.1. The highest BCUT2D eigenvalue weighted by molar-refractivity contribution is 6.05. The lowest BCUT2D eigenvalue weighted by Crippen LogP contribution is -2.13. The van der Waals surface area contributed by atoms with E-state index in [1.807, 2.05) is 24.3 Å².